The monoisotopic (exact) mass is 156 g/mol. The number of carbonyl (C=O) groups excluding carboxylic acids is 2. The molecule has 4 atom stereocenters. The third-order valence-electron chi connectivity index (χ3n) is 2.40. The third kappa shape index (κ3) is 0.765. The van der Waals surface area contributed by atoms with Crippen molar-refractivity contribution in [3.05, 3.63) is 0 Å². The van der Waals surface area contributed by atoms with Crippen molar-refractivity contribution in [2.45, 2.75) is 18.6 Å². The van der Waals surface area contributed by atoms with E-state index in [-0.39, 0.29) is 23.4 Å². The predicted molar refractivity (Wildman–Crippen MR) is 33.6 cm³/mol. The Bertz CT molecular complexity index is 211. The number of hydrogen-bond acceptors (Lipinski definition) is 4. The molecular weight excluding hydrogens is 148 g/mol. The van der Waals surface area contributed by atoms with Gasteiger partial charge in [-0.15, -0.1) is 0 Å². The molecule has 2 rings (SSSR count). The van der Waals surface area contributed by atoms with E-state index in [0.717, 1.165) is 0 Å². The van der Waals surface area contributed by atoms with Gasteiger partial charge in [0.25, 0.3) is 0 Å². The zero-order valence-electron chi connectivity index (χ0n) is 5.73. The van der Waals surface area contributed by atoms with Gasteiger partial charge in [-0.05, 0) is 6.42 Å². The number of carbonyl (C=O) groups is 2. The molecule has 2 aliphatic rings. The normalized spacial score (nSPS) is 48.9. The van der Waals surface area contributed by atoms with Crippen molar-refractivity contribution in [2.75, 3.05) is 0 Å². The first-order chi connectivity index (χ1) is 5.13. The van der Waals surface area contributed by atoms with E-state index in [1.807, 2.05) is 0 Å². The van der Waals surface area contributed by atoms with Gasteiger partial charge in [0, 0.05) is 11.8 Å². The van der Waals surface area contributed by atoms with E-state index >= 15 is 0 Å². The van der Waals surface area contributed by atoms with Crippen LogP contribution < -0.4 is 0 Å². The molecular formula is C7H8O4. The van der Waals surface area contributed by atoms with Gasteiger partial charge in [-0.2, -0.15) is 0 Å². The maximum absolute atomic E-state index is 11.0. The second-order valence-corrected chi connectivity index (χ2v) is 3.14. The smallest absolute Gasteiger partial charge is 0.168 e. The largest absolute Gasteiger partial charge is 0.382 e. The molecule has 0 aliphatic heterocycles. The minimum absolute atomic E-state index is 0.291. The van der Waals surface area contributed by atoms with Crippen molar-refractivity contribution in [1.82, 2.24) is 0 Å². The van der Waals surface area contributed by atoms with Crippen LogP contribution >= 0.6 is 0 Å². The van der Waals surface area contributed by atoms with Crippen LogP contribution in [0.1, 0.15) is 6.42 Å². The van der Waals surface area contributed by atoms with Crippen molar-refractivity contribution < 1.29 is 19.8 Å². The lowest BCUT2D eigenvalue weighted by Gasteiger charge is -2.19. The number of ketones is 2. The van der Waals surface area contributed by atoms with Crippen molar-refractivity contribution in [2.24, 2.45) is 11.8 Å². The number of hydrogen-bond donors (Lipinski definition) is 2. The number of fused-ring (bicyclic) bond motifs is 1. The molecule has 2 N–H and O–H groups in total. The van der Waals surface area contributed by atoms with Gasteiger partial charge in [-0.3, -0.25) is 9.59 Å². The standard InChI is InChI=1S/C7H8O4/c8-4-2-1-3(2)5(9)7(11)6(4)10/h2-3,6-7,10-11H,1H2. The molecule has 0 aromatic rings. The highest BCUT2D eigenvalue weighted by molar-refractivity contribution is 6.05. The van der Waals surface area contributed by atoms with Crippen LogP contribution in [0.4, 0.5) is 0 Å². The number of rotatable bonds is 0. The van der Waals surface area contributed by atoms with Crippen molar-refractivity contribution in [3.8, 4) is 0 Å². The maximum atomic E-state index is 11.0. The van der Waals surface area contributed by atoms with Crippen LogP contribution in [0.15, 0.2) is 0 Å². The van der Waals surface area contributed by atoms with E-state index in [4.69, 9.17) is 10.2 Å². The molecule has 0 aromatic carbocycles. The molecule has 11 heavy (non-hydrogen) atoms. The summed E-state index contributed by atoms with van der Waals surface area (Å²) in [5, 5.41) is 18.0. The minimum Gasteiger partial charge on any atom is -0.382 e. The lowest BCUT2D eigenvalue weighted by Crippen LogP contribution is -2.45. The van der Waals surface area contributed by atoms with Gasteiger partial charge < -0.3 is 10.2 Å². The second-order valence-electron chi connectivity index (χ2n) is 3.14. The van der Waals surface area contributed by atoms with Crippen molar-refractivity contribution in [1.29, 1.82) is 0 Å². The fourth-order valence-electron chi connectivity index (χ4n) is 1.57. The Balaban J connectivity index is 2.26. The SMILES string of the molecule is O=C1C(O)C(O)C(=O)C2CC12. The van der Waals surface area contributed by atoms with E-state index in [1.54, 1.807) is 0 Å². The average molecular weight is 156 g/mol. The van der Waals surface area contributed by atoms with Crippen molar-refractivity contribution in [3.63, 3.8) is 0 Å². The summed E-state index contributed by atoms with van der Waals surface area (Å²) < 4.78 is 0. The first kappa shape index (κ1) is 6.94. The summed E-state index contributed by atoms with van der Waals surface area (Å²) in [6.07, 6.45) is -2.41. The Hall–Kier alpha value is -0.740. The molecule has 0 radical (unpaired) electrons. The molecule has 2 fully saturated rings. The Kier molecular flexibility index (Phi) is 1.20. The van der Waals surface area contributed by atoms with Crippen LogP contribution in [0.25, 0.3) is 0 Å². The van der Waals surface area contributed by atoms with Gasteiger partial charge in [-0.1, -0.05) is 0 Å². The number of aliphatic hydroxyl groups is 2. The highest BCUT2D eigenvalue weighted by atomic mass is 16.3. The fraction of sp³-hybridized carbons (Fsp3) is 0.714. The lowest BCUT2D eigenvalue weighted by atomic mass is 9.93. The molecule has 0 amide bonds. The van der Waals surface area contributed by atoms with Gasteiger partial charge >= 0.3 is 0 Å². The molecule has 60 valence electrons. The van der Waals surface area contributed by atoms with Gasteiger partial charge in [0.15, 0.2) is 11.6 Å². The highest BCUT2D eigenvalue weighted by Gasteiger charge is 2.57. The molecule has 0 bridgehead atoms. The molecule has 4 heteroatoms. The average Bonchev–Trinajstić information content (AvgIpc) is 2.76. The second kappa shape index (κ2) is 1.89. The minimum atomic E-state index is -1.47. The number of aliphatic hydroxyl groups excluding tert-OH is 2. The quantitative estimate of drug-likeness (QED) is 0.447. The summed E-state index contributed by atoms with van der Waals surface area (Å²) in [6, 6.07) is 0. The van der Waals surface area contributed by atoms with Crippen LogP contribution in [0.3, 0.4) is 0 Å². The summed E-state index contributed by atoms with van der Waals surface area (Å²) in [5.41, 5.74) is 0. The molecule has 0 spiro atoms. The maximum Gasteiger partial charge on any atom is 0.168 e. The first-order valence-electron chi connectivity index (χ1n) is 3.56. The first-order valence-corrected chi connectivity index (χ1v) is 3.56. The zero-order chi connectivity index (χ0) is 8.17. The van der Waals surface area contributed by atoms with E-state index in [0.29, 0.717) is 6.42 Å². The van der Waals surface area contributed by atoms with Crippen molar-refractivity contribution >= 4 is 11.6 Å². The summed E-state index contributed by atoms with van der Waals surface area (Å²) in [5.74, 6) is -1.33. The van der Waals surface area contributed by atoms with Gasteiger partial charge in [0.1, 0.15) is 12.2 Å². The van der Waals surface area contributed by atoms with Crippen LogP contribution in [-0.4, -0.2) is 34.0 Å². The van der Waals surface area contributed by atoms with E-state index in [1.165, 1.54) is 0 Å². The van der Waals surface area contributed by atoms with Crippen LogP contribution in [0.2, 0.25) is 0 Å². The lowest BCUT2D eigenvalue weighted by molar-refractivity contribution is -0.150. The molecule has 2 saturated carbocycles. The molecule has 0 saturated heterocycles. The molecule has 0 aromatic heterocycles. The Morgan fingerprint density at radius 2 is 1.36 bits per heavy atom. The van der Waals surface area contributed by atoms with E-state index in [2.05, 4.69) is 0 Å². The third-order valence-corrected chi connectivity index (χ3v) is 2.40. The Morgan fingerprint density at radius 3 is 1.73 bits per heavy atom. The predicted octanol–water partition coefficient (Wildman–Crippen LogP) is -1.50. The molecule has 2 aliphatic carbocycles. The Morgan fingerprint density at radius 1 is 1.00 bits per heavy atom. The summed E-state index contributed by atoms with van der Waals surface area (Å²) in [6.45, 7) is 0. The van der Waals surface area contributed by atoms with Gasteiger partial charge in [-0.25, -0.2) is 0 Å². The topological polar surface area (TPSA) is 74.6 Å². The number of Topliss-reactive ketones (excluding diaryl/α,β-unsaturated/α-hetero) is 2. The summed E-state index contributed by atoms with van der Waals surface area (Å²) in [4.78, 5) is 21.9. The molecule has 0 heterocycles. The molecule has 4 unspecified atom stereocenters. The Labute approximate surface area is 62.8 Å². The summed E-state index contributed by atoms with van der Waals surface area (Å²) >= 11 is 0. The highest BCUT2D eigenvalue weighted by Crippen LogP contribution is 2.45. The van der Waals surface area contributed by atoms with E-state index < -0.39 is 12.2 Å². The van der Waals surface area contributed by atoms with Gasteiger partial charge in [0.2, 0.25) is 0 Å². The fourth-order valence-corrected chi connectivity index (χ4v) is 1.57. The zero-order valence-corrected chi connectivity index (χ0v) is 5.73. The van der Waals surface area contributed by atoms with Crippen LogP contribution in [-0.2, 0) is 9.59 Å². The van der Waals surface area contributed by atoms with Gasteiger partial charge in [0.05, 0.1) is 0 Å². The summed E-state index contributed by atoms with van der Waals surface area (Å²) in [7, 11) is 0. The molecule has 4 nitrogen and oxygen atoms in total. The van der Waals surface area contributed by atoms with Crippen LogP contribution in [0.5, 0.6) is 0 Å². The van der Waals surface area contributed by atoms with E-state index in [9.17, 15) is 9.59 Å². The van der Waals surface area contributed by atoms with Crippen LogP contribution in [0, 0.1) is 11.8 Å².